The average Bonchev–Trinajstić information content (AvgIpc) is 3.22. The second kappa shape index (κ2) is 7.90. The van der Waals surface area contributed by atoms with E-state index in [2.05, 4.69) is 17.4 Å². The number of carbonyl (C=O) groups is 1. The highest BCUT2D eigenvalue weighted by molar-refractivity contribution is 7.91. The first-order valence-electron chi connectivity index (χ1n) is 8.76. The van der Waals surface area contributed by atoms with Gasteiger partial charge in [0.05, 0.1) is 0 Å². The van der Waals surface area contributed by atoms with Gasteiger partial charge in [-0.2, -0.15) is 0 Å². The number of hydrogen-bond acceptors (Lipinski definition) is 4. The molecule has 0 atom stereocenters. The van der Waals surface area contributed by atoms with Crippen molar-refractivity contribution in [1.29, 1.82) is 0 Å². The smallest absolute Gasteiger partial charge is 0.252 e. The molecule has 0 aliphatic heterocycles. The summed E-state index contributed by atoms with van der Waals surface area (Å²) in [5, 5.41) is 4.76. The second-order valence-corrected chi connectivity index (χ2v) is 10.0. The molecule has 26 heavy (non-hydrogen) atoms. The molecule has 1 aromatic carbocycles. The maximum absolute atomic E-state index is 12.3. The van der Waals surface area contributed by atoms with Crippen molar-refractivity contribution in [3.63, 3.8) is 0 Å². The summed E-state index contributed by atoms with van der Waals surface area (Å²) in [6.45, 7) is 0.983. The molecule has 1 heterocycles. The van der Waals surface area contributed by atoms with E-state index in [1.165, 1.54) is 21.2 Å². The van der Waals surface area contributed by atoms with Crippen LogP contribution in [0.25, 0.3) is 0 Å². The van der Waals surface area contributed by atoms with Crippen LogP contribution in [-0.4, -0.2) is 38.8 Å². The van der Waals surface area contributed by atoms with Crippen LogP contribution in [0.2, 0.25) is 0 Å². The molecule has 0 saturated heterocycles. The second-order valence-electron chi connectivity index (χ2n) is 6.79. The number of hydrogen-bond donors (Lipinski definition) is 1. The first kappa shape index (κ1) is 19.1. The quantitative estimate of drug-likeness (QED) is 0.713. The molecule has 1 saturated carbocycles. The van der Waals surface area contributed by atoms with Crippen molar-refractivity contribution in [2.24, 2.45) is 0 Å². The topological polar surface area (TPSA) is 66.5 Å². The lowest BCUT2D eigenvalue weighted by Gasteiger charge is -2.18. The fraction of sp³-hybridized carbons (Fsp3) is 0.421. The van der Waals surface area contributed by atoms with Crippen molar-refractivity contribution in [2.45, 2.75) is 35.3 Å². The van der Waals surface area contributed by atoms with Gasteiger partial charge in [-0.3, -0.25) is 4.79 Å². The van der Waals surface area contributed by atoms with Crippen molar-refractivity contribution in [3.8, 4) is 0 Å². The third kappa shape index (κ3) is 4.34. The van der Waals surface area contributed by atoms with E-state index < -0.39 is 10.0 Å². The molecule has 1 N–H and O–H groups in total. The molecule has 3 rings (SSSR count). The van der Waals surface area contributed by atoms with Crippen LogP contribution in [0.5, 0.6) is 0 Å². The van der Waals surface area contributed by atoms with Gasteiger partial charge in [0.15, 0.2) is 0 Å². The van der Waals surface area contributed by atoms with Gasteiger partial charge in [-0.1, -0.05) is 36.4 Å². The lowest BCUT2D eigenvalue weighted by molar-refractivity contribution is -0.121. The molecular weight excluding hydrogens is 368 g/mol. The van der Waals surface area contributed by atoms with Gasteiger partial charge >= 0.3 is 0 Å². The molecule has 7 heteroatoms. The van der Waals surface area contributed by atoms with Crippen molar-refractivity contribution >= 4 is 27.3 Å². The standard InChI is InChI=1S/C19H24N2O3S2/c1-21(26(23,24)18-10-6-14-25-18)13-5-9-17(22)20-15-19(11-12-19)16-7-3-2-4-8-16/h2-4,6-8,10,14H,5,9,11-13,15H2,1H3,(H,20,22). The van der Waals surface area contributed by atoms with Gasteiger partial charge in [-0.15, -0.1) is 11.3 Å². The van der Waals surface area contributed by atoms with Crippen LogP contribution in [0.15, 0.2) is 52.1 Å². The Hall–Kier alpha value is -1.70. The Labute approximate surface area is 159 Å². The van der Waals surface area contributed by atoms with Gasteiger partial charge in [-0.25, -0.2) is 12.7 Å². The van der Waals surface area contributed by atoms with E-state index in [-0.39, 0.29) is 11.3 Å². The van der Waals surface area contributed by atoms with E-state index in [4.69, 9.17) is 0 Å². The average molecular weight is 393 g/mol. The Kier molecular flexibility index (Phi) is 5.79. The van der Waals surface area contributed by atoms with Crippen LogP contribution >= 0.6 is 11.3 Å². The van der Waals surface area contributed by atoms with E-state index in [9.17, 15) is 13.2 Å². The van der Waals surface area contributed by atoms with Crippen molar-refractivity contribution in [1.82, 2.24) is 9.62 Å². The lowest BCUT2D eigenvalue weighted by Crippen LogP contribution is -2.33. The number of carbonyl (C=O) groups excluding carboxylic acids is 1. The third-order valence-corrected chi connectivity index (χ3v) is 8.13. The van der Waals surface area contributed by atoms with Gasteiger partial charge in [-0.05, 0) is 36.3 Å². The predicted octanol–water partition coefficient (Wildman–Crippen LogP) is 3.00. The number of nitrogens with one attached hydrogen (secondary N) is 1. The molecule has 0 radical (unpaired) electrons. The predicted molar refractivity (Wildman–Crippen MR) is 104 cm³/mol. The van der Waals surface area contributed by atoms with Crippen LogP contribution in [0.1, 0.15) is 31.2 Å². The molecule has 0 spiro atoms. The summed E-state index contributed by atoms with van der Waals surface area (Å²) in [6.07, 6.45) is 3.03. The zero-order chi connectivity index (χ0) is 18.6. The van der Waals surface area contributed by atoms with Crippen LogP contribution in [0.3, 0.4) is 0 Å². The third-order valence-electron chi connectivity index (χ3n) is 4.90. The van der Waals surface area contributed by atoms with Gasteiger partial charge < -0.3 is 5.32 Å². The maximum Gasteiger partial charge on any atom is 0.252 e. The Bertz CT molecular complexity index is 829. The van der Waals surface area contributed by atoms with Gasteiger partial charge in [0.1, 0.15) is 4.21 Å². The van der Waals surface area contributed by atoms with E-state index in [0.717, 1.165) is 12.8 Å². The van der Waals surface area contributed by atoms with E-state index in [0.29, 0.717) is 30.1 Å². The lowest BCUT2D eigenvalue weighted by atomic mass is 9.96. The van der Waals surface area contributed by atoms with E-state index in [1.54, 1.807) is 24.6 Å². The molecular formula is C19H24N2O3S2. The van der Waals surface area contributed by atoms with Crippen LogP contribution in [0.4, 0.5) is 0 Å². The van der Waals surface area contributed by atoms with Gasteiger partial charge in [0.2, 0.25) is 5.91 Å². The summed E-state index contributed by atoms with van der Waals surface area (Å²) in [7, 11) is -1.88. The van der Waals surface area contributed by atoms with E-state index >= 15 is 0 Å². The van der Waals surface area contributed by atoms with Gasteiger partial charge in [0.25, 0.3) is 10.0 Å². The van der Waals surface area contributed by atoms with Crippen molar-refractivity contribution < 1.29 is 13.2 Å². The molecule has 1 aliphatic carbocycles. The highest BCUT2D eigenvalue weighted by Gasteiger charge is 2.44. The number of thiophene rings is 1. The largest absolute Gasteiger partial charge is 0.355 e. The Morgan fingerprint density at radius 2 is 1.92 bits per heavy atom. The van der Waals surface area contributed by atoms with Crippen LogP contribution in [0, 0.1) is 0 Å². The number of sulfonamides is 1. The van der Waals surface area contributed by atoms with E-state index in [1.807, 2.05) is 18.2 Å². The first-order valence-corrected chi connectivity index (χ1v) is 11.1. The SMILES string of the molecule is CN(CCCC(=O)NCC1(c2ccccc2)CC1)S(=O)(=O)c1cccs1. The molecule has 1 amide bonds. The minimum Gasteiger partial charge on any atom is -0.355 e. The minimum absolute atomic E-state index is 0.0193. The maximum atomic E-state index is 12.3. The summed E-state index contributed by atoms with van der Waals surface area (Å²) in [4.78, 5) is 12.1. The molecule has 1 fully saturated rings. The Balaban J connectivity index is 1.42. The molecule has 1 aliphatic rings. The Morgan fingerprint density at radius 1 is 1.19 bits per heavy atom. The van der Waals surface area contributed by atoms with Crippen LogP contribution in [-0.2, 0) is 20.2 Å². The first-order chi connectivity index (χ1) is 12.4. The summed E-state index contributed by atoms with van der Waals surface area (Å²) >= 11 is 1.20. The summed E-state index contributed by atoms with van der Waals surface area (Å²) in [5.74, 6) is -0.0193. The molecule has 0 bridgehead atoms. The fourth-order valence-electron chi connectivity index (χ4n) is 3.01. The highest BCUT2D eigenvalue weighted by Crippen LogP contribution is 2.47. The van der Waals surface area contributed by atoms with Crippen molar-refractivity contribution in [2.75, 3.05) is 20.1 Å². The minimum atomic E-state index is -3.44. The summed E-state index contributed by atoms with van der Waals surface area (Å²) < 4.78 is 26.3. The number of amides is 1. The van der Waals surface area contributed by atoms with Gasteiger partial charge in [0, 0.05) is 32.0 Å². The molecule has 0 unspecified atom stereocenters. The number of rotatable bonds is 9. The molecule has 1 aromatic heterocycles. The molecule has 2 aromatic rings. The zero-order valence-electron chi connectivity index (χ0n) is 14.8. The monoisotopic (exact) mass is 392 g/mol. The number of benzene rings is 1. The molecule has 140 valence electrons. The fourth-order valence-corrected chi connectivity index (χ4v) is 5.42. The van der Waals surface area contributed by atoms with Crippen molar-refractivity contribution in [3.05, 3.63) is 53.4 Å². The summed E-state index contributed by atoms with van der Waals surface area (Å²) in [5.41, 5.74) is 1.37. The summed E-state index contributed by atoms with van der Waals surface area (Å²) in [6, 6.07) is 13.6. The highest BCUT2D eigenvalue weighted by atomic mass is 32.2. The van der Waals surface area contributed by atoms with Crippen LogP contribution < -0.4 is 5.32 Å². The number of nitrogens with zero attached hydrogens (tertiary/aromatic N) is 1. The Morgan fingerprint density at radius 3 is 2.54 bits per heavy atom. The molecule has 5 nitrogen and oxygen atoms in total. The normalized spacial score (nSPS) is 15.8. The zero-order valence-corrected chi connectivity index (χ0v) is 16.5.